The zero-order chi connectivity index (χ0) is 15.4. The molecular formula is C14H15N3O4. The van der Waals surface area contributed by atoms with Crippen molar-refractivity contribution in [2.75, 3.05) is 11.4 Å². The van der Waals surface area contributed by atoms with Crippen molar-refractivity contribution in [3.63, 3.8) is 0 Å². The molecule has 21 heavy (non-hydrogen) atoms. The highest BCUT2D eigenvalue weighted by Crippen LogP contribution is 2.25. The molecule has 1 aromatic carbocycles. The number of anilines is 1. The van der Waals surface area contributed by atoms with Crippen LogP contribution in [0.4, 0.5) is 10.5 Å². The Labute approximate surface area is 121 Å². The SMILES string of the molecule is NC(=O)CC(NC(=O)N1CC=Cc2ccccc21)C(=O)O. The van der Waals surface area contributed by atoms with Gasteiger partial charge in [0.1, 0.15) is 6.04 Å². The lowest BCUT2D eigenvalue weighted by molar-refractivity contribution is -0.140. The number of carboxylic acid groups (broad SMARTS) is 1. The van der Waals surface area contributed by atoms with Crippen LogP contribution in [-0.4, -0.2) is 35.6 Å². The quantitative estimate of drug-likeness (QED) is 0.751. The second kappa shape index (κ2) is 6.08. The first-order valence-corrected chi connectivity index (χ1v) is 6.33. The van der Waals surface area contributed by atoms with Crippen LogP contribution in [0.5, 0.6) is 0 Å². The van der Waals surface area contributed by atoms with Gasteiger partial charge in [0.15, 0.2) is 0 Å². The summed E-state index contributed by atoms with van der Waals surface area (Å²) in [5.41, 5.74) is 6.53. The van der Waals surface area contributed by atoms with Crippen molar-refractivity contribution in [2.24, 2.45) is 5.73 Å². The van der Waals surface area contributed by atoms with E-state index in [2.05, 4.69) is 5.32 Å². The largest absolute Gasteiger partial charge is 0.480 e. The van der Waals surface area contributed by atoms with Gasteiger partial charge in [-0.1, -0.05) is 30.4 Å². The number of para-hydroxylation sites is 1. The van der Waals surface area contributed by atoms with E-state index in [-0.39, 0.29) is 0 Å². The maximum Gasteiger partial charge on any atom is 0.326 e. The molecule has 1 aliphatic rings. The molecule has 3 amide bonds. The van der Waals surface area contributed by atoms with Crippen LogP contribution < -0.4 is 16.0 Å². The minimum atomic E-state index is -1.34. The molecule has 7 nitrogen and oxygen atoms in total. The van der Waals surface area contributed by atoms with E-state index in [0.29, 0.717) is 12.2 Å². The fraction of sp³-hybridized carbons (Fsp3) is 0.214. The number of hydrogen-bond acceptors (Lipinski definition) is 3. The summed E-state index contributed by atoms with van der Waals surface area (Å²) in [5.74, 6) is -2.09. The standard InChI is InChI=1S/C14H15N3O4/c15-12(18)8-10(13(19)20)16-14(21)17-7-3-5-9-4-1-2-6-11(9)17/h1-6,10H,7-8H2,(H2,15,18)(H,16,21)(H,19,20). The number of benzene rings is 1. The van der Waals surface area contributed by atoms with Crippen molar-refractivity contribution >= 4 is 29.7 Å². The fourth-order valence-corrected chi connectivity index (χ4v) is 2.08. The Morgan fingerprint density at radius 1 is 1.33 bits per heavy atom. The molecular weight excluding hydrogens is 274 g/mol. The number of urea groups is 1. The molecule has 0 radical (unpaired) electrons. The van der Waals surface area contributed by atoms with Gasteiger partial charge < -0.3 is 16.2 Å². The molecule has 1 heterocycles. The van der Waals surface area contributed by atoms with Crippen molar-refractivity contribution in [1.82, 2.24) is 5.32 Å². The molecule has 0 fully saturated rings. The normalized spacial score (nSPS) is 14.2. The van der Waals surface area contributed by atoms with Gasteiger partial charge in [0.05, 0.1) is 12.1 Å². The molecule has 1 unspecified atom stereocenters. The first-order chi connectivity index (χ1) is 9.99. The Hall–Kier alpha value is -2.83. The Morgan fingerprint density at radius 3 is 2.71 bits per heavy atom. The average molecular weight is 289 g/mol. The third-order valence-corrected chi connectivity index (χ3v) is 3.06. The van der Waals surface area contributed by atoms with Gasteiger partial charge in [0, 0.05) is 6.54 Å². The molecule has 7 heteroatoms. The molecule has 1 aliphatic heterocycles. The van der Waals surface area contributed by atoms with E-state index in [1.54, 1.807) is 18.2 Å². The maximum absolute atomic E-state index is 12.2. The summed E-state index contributed by atoms with van der Waals surface area (Å²) in [5, 5.41) is 11.3. The number of carbonyl (C=O) groups excluding carboxylic acids is 2. The summed E-state index contributed by atoms with van der Waals surface area (Å²) < 4.78 is 0. The Kier molecular flexibility index (Phi) is 4.22. The molecule has 0 saturated carbocycles. The maximum atomic E-state index is 12.2. The molecule has 110 valence electrons. The number of nitrogens with two attached hydrogens (primary N) is 1. The second-order valence-corrected chi connectivity index (χ2v) is 4.58. The monoisotopic (exact) mass is 289 g/mol. The van der Waals surface area contributed by atoms with Crippen molar-refractivity contribution in [1.29, 1.82) is 0 Å². The third-order valence-electron chi connectivity index (χ3n) is 3.06. The molecule has 0 bridgehead atoms. The minimum Gasteiger partial charge on any atom is -0.480 e. The highest BCUT2D eigenvalue weighted by Gasteiger charge is 2.26. The topological polar surface area (TPSA) is 113 Å². The van der Waals surface area contributed by atoms with Gasteiger partial charge in [-0.2, -0.15) is 0 Å². The van der Waals surface area contributed by atoms with E-state index < -0.39 is 30.4 Å². The van der Waals surface area contributed by atoms with Gasteiger partial charge in [-0.05, 0) is 11.6 Å². The van der Waals surface area contributed by atoms with Crippen LogP contribution in [0, 0.1) is 0 Å². The van der Waals surface area contributed by atoms with E-state index >= 15 is 0 Å². The van der Waals surface area contributed by atoms with E-state index in [9.17, 15) is 14.4 Å². The number of hydrogen-bond donors (Lipinski definition) is 3. The number of rotatable bonds is 4. The van der Waals surface area contributed by atoms with Crippen molar-refractivity contribution in [2.45, 2.75) is 12.5 Å². The van der Waals surface area contributed by atoms with Gasteiger partial charge in [0.2, 0.25) is 5.91 Å². The highest BCUT2D eigenvalue weighted by molar-refractivity contribution is 5.98. The van der Waals surface area contributed by atoms with Gasteiger partial charge >= 0.3 is 12.0 Å². The van der Waals surface area contributed by atoms with Crippen LogP contribution in [0.2, 0.25) is 0 Å². The van der Waals surface area contributed by atoms with Crippen LogP contribution in [0.1, 0.15) is 12.0 Å². The molecule has 0 aromatic heterocycles. The van der Waals surface area contributed by atoms with E-state index in [1.165, 1.54) is 4.90 Å². The Morgan fingerprint density at radius 2 is 2.05 bits per heavy atom. The van der Waals surface area contributed by atoms with Crippen LogP contribution in [0.15, 0.2) is 30.3 Å². The summed E-state index contributed by atoms with van der Waals surface area (Å²) in [4.78, 5) is 35.5. The van der Waals surface area contributed by atoms with Gasteiger partial charge in [-0.3, -0.25) is 9.69 Å². The van der Waals surface area contributed by atoms with E-state index in [0.717, 1.165) is 5.56 Å². The van der Waals surface area contributed by atoms with Crippen LogP contribution in [-0.2, 0) is 9.59 Å². The fourth-order valence-electron chi connectivity index (χ4n) is 2.08. The number of aliphatic carboxylic acids is 1. The molecule has 1 aromatic rings. The summed E-state index contributed by atoms with van der Waals surface area (Å²) >= 11 is 0. The predicted molar refractivity (Wildman–Crippen MR) is 76.6 cm³/mol. The molecule has 1 atom stereocenters. The smallest absolute Gasteiger partial charge is 0.326 e. The number of carbonyl (C=O) groups is 3. The number of fused-ring (bicyclic) bond motifs is 1. The van der Waals surface area contributed by atoms with Gasteiger partial charge in [-0.25, -0.2) is 9.59 Å². The number of primary amides is 1. The molecule has 4 N–H and O–H groups in total. The number of nitrogens with zero attached hydrogens (tertiary/aromatic N) is 1. The number of amides is 3. The third kappa shape index (κ3) is 3.38. The van der Waals surface area contributed by atoms with Crippen molar-refractivity contribution in [3.8, 4) is 0 Å². The second-order valence-electron chi connectivity index (χ2n) is 4.58. The Balaban J connectivity index is 2.15. The van der Waals surface area contributed by atoms with Crippen LogP contribution >= 0.6 is 0 Å². The lowest BCUT2D eigenvalue weighted by Crippen LogP contribution is -2.50. The van der Waals surface area contributed by atoms with Gasteiger partial charge in [0.25, 0.3) is 0 Å². The zero-order valence-electron chi connectivity index (χ0n) is 11.2. The lowest BCUT2D eigenvalue weighted by atomic mass is 10.1. The van der Waals surface area contributed by atoms with Crippen LogP contribution in [0.25, 0.3) is 6.08 Å². The van der Waals surface area contributed by atoms with Gasteiger partial charge in [-0.15, -0.1) is 0 Å². The molecule has 0 aliphatic carbocycles. The first-order valence-electron chi connectivity index (χ1n) is 6.33. The molecule has 2 rings (SSSR count). The zero-order valence-corrected chi connectivity index (χ0v) is 11.2. The van der Waals surface area contributed by atoms with Crippen molar-refractivity contribution < 1.29 is 19.5 Å². The summed E-state index contributed by atoms with van der Waals surface area (Å²) in [7, 11) is 0. The minimum absolute atomic E-state index is 0.325. The predicted octanol–water partition coefficient (Wildman–Crippen LogP) is 0.558. The summed E-state index contributed by atoms with van der Waals surface area (Å²) in [6.07, 6.45) is 3.23. The lowest BCUT2D eigenvalue weighted by Gasteiger charge is -2.27. The molecule has 0 spiro atoms. The summed E-state index contributed by atoms with van der Waals surface area (Å²) in [6.45, 7) is 0.325. The first kappa shape index (κ1) is 14.6. The van der Waals surface area contributed by atoms with E-state index in [4.69, 9.17) is 10.8 Å². The summed E-state index contributed by atoms with van der Waals surface area (Å²) in [6, 6.07) is 5.33. The van der Waals surface area contributed by atoms with Crippen molar-refractivity contribution in [3.05, 3.63) is 35.9 Å². The Bertz CT molecular complexity index is 612. The number of nitrogens with one attached hydrogen (secondary N) is 1. The molecule has 0 saturated heterocycles. The average Bonchev–Trinajstić information content (AvgIpc) is 2.45. The van der Waals surface area contributed by atoms with E-state index in [1.807, 2.05) is 18.2 Å². The highest BCUT2D eigenvalue weighted by atomic mass is 16.4. The number of carboxylic acids is 1. The van der Waals surface area contributed by atoms with Crippen LogP contribution in [0.3, 0.4) is 0 Å².